The lowest BCUT2D eigenvalue weighted by Gasteiger charge is -2.14. The minimum absolute atomic E-state index is 0.159. The third-order valence-electron chi connectivity index (χ3n) is 3.29. The minimum Gasteiger partial charge on any atom is -0.381 e. The quantitative estimate of drug-likeness (QED) is 0.512. The van der Waals surface area contributed by atoms with E-state index < -0.39 is 0 Å². The van der Waals surface area contributed by atoms with Crippen molar-refractivity contribution in [1.29, 1.82) is 0 Å². The minimum atomic E-state index is 0.159. The molecule has 1 amide bonds. The molecule has 0 aliphatic carbocycles. The van der Waals surface area contributed by atoms with Crippen LogP contribution in [0.3, 0.4) is 0 Å². The molecular weight excluding hydrogens is 252 g/mol. The predicted molar refractivity (Wildman–Crippen MR) is 84.6 cm³/mol. The summed E-state index contributed by atoms with van der Waals surface area (Å²) in [6.07, 6.45) is 5.84. The van der Waals surface area contributed by atoms with Gasteiger partial charge < -0.3 is 15.8 Å². The molecule has 0 spiro atoms. The molecule has 0 rings (SSSR count). The topological polar surface area (TPSA) is 64.4 Å². The molecule has 0 heterocycles. The van der Waals surface area contributed by atoms with Crippen LogP contribution in [0.15, 0.2) is 0 Å². The maximum Gasteiger partial charge on any atom is 0.220 e. The van der Waals surface area contributed by atoms with Gasteiger partial charge in [-0.1, -0.05) is 33.6 Å². The van der Waals surface area contributed by atoms with Gasteiger partial charge in [-0.2, -0.15) is 0 Å². The fourth-order valence-electron chi connectivity index (χ4n) is 2.22. The van der Waals surface area contributed by atoms with Gasteiger partial charge >= 0.3 is 0 Å². The van der Waals surface area contributed by atoms with Gasteiger partial charge in [0.25, 0.3) is 0 Å². The summed E-state index contributed by atoms with van der Waals surface area (Å²) in [5, 5.41) is 2.96. The van der Waals surface area contributed by atoms with E-state index in [4.69, 9.17) is 10.5 Å². The summed E-state index contributed by atoms with van der Waals surface area (Å²) in [5.74, 6) is 1.33. The van der Waals surface area contributed by atoms with Crippen LogP contribution < -0.4 is 11.1 Å². The molecule has 1 unspecified atom stereocenters. The molecule has 1 atom stereocenters. The monoisotopic (exact) mass is 286 g/mol. The Labute approximate surface area is 124 Å². The van der Waals surface area contributed by atoms with Crippen molar-refractivity contribution in [3.63, 3.8) is 0 Å². The van der Waals surface area contributed by atoms with Crippen LogP contribution in [-0.2, 0) is 9.53 Å². The highest BCUT2D eigenvalue weighted by atomic mass is 16.5. The van der Waals surface area contributed by atoms with Crippen molar-refractivity contribution < 1.29 is 9.53 Å². The van der Waals surface area contributed by atoms with Gasteiger partial charge in [0, 0.05) is 26.2 Å². The zero-order valence-electron chi connectivity index (χ0n) is 13.6. The van der Waals surface area contributed by atoms with Gasteiger partial charge in [-0.3, -0.25) is 4.79 Å². The molecule has 0 saturated carbocycles. The second-order valence-corrected chi connectivity index (χ2v) is 5.94. The summed E-state index contributed by atoms with van der Waals surface area (Å²) in [5.41, 5.74) is 5.60. The Balaban J connectivity index is 3.52. The zero-order chi connectivity index (χ0) is 15.2. The number of hydrogen-bond acceptors (Lipinski definition) is 3. The molecule has 0 aliphatic heterocycles. The van der Waals surface area contributed by atoms with Crippen LogP contribution in [0, 0.1) is 11.8 Å². The lowest BCUT2D eigenvalue weighted by atomic mass is 9.94. The Morgan fingerprint density at radius 3 is 2.60 bits per heavy atom. The highest BCUT2D eigenvalue weighted by Gasteiger charge is 2.09. The maximum absolute atomic E-state index is 11.7. The molecule has 4 heteroatoms. The highest BCUT2D eigenvalue weighted by Crippen LogP contribution is 2.16. The van der Waals surface area contributed by atoms with Crippen molar-refractivity contribution in [1.82, 2.24) is 5.32 Å². The normalized spacial score (nSPS) is 12.7. The number of hydrogen-bond donors (Lipinski definition) is 2. The van der Waals surface area contributed by atoms with Crippen LogP contribution in [0.5, 0.6) is 0 Å². The first-order valence-electron chi connectivity index (χ1n) is 8.14. The lowest BCUT2D eigenvalue weighted by molar-refractivity contribution is -0.121. The maximum atomic E-state index is 11.7. The van der Waals surface area contributed by atoms with Gasteiger partial charge in [0.15, 0.2) is 0 Å². The van der Waals surface area contributed by atoms with Crippen molar-refractivity contribution in [2.24, 2.45) is 17.6 Å². The van der Waals surface area contributed by atoms with E-state index in [1.807, 2.05) is 0 Å². The van der Waals surface area contributed by atoms with Gasteiger partial charge in [-0.05, 0) is 37.6 Å². The molecule has 0 aromatic rings. The van der Waals surface area contributed by atoms with E-state index >= 15 is 0 Å². The Bertz CT molecular complexity index is 227. The Morgan fingerprint density at radius 1 is 1.25 bits per heavy atom. The van der Waals surface area contributed by atoms with E-state index in [2.05, 4.69) is 26.1 Å². The summed E-state index contributed by atoms with van der Waals surface area (Å²) >= 11 is 0. The first-order valence-corrected chi connectivity index (χ1v) is 8.14. The Kier molecular flexibility index (Phi) is 13.0. The number of amides is 1. The average molecular weight is 286 g/mol. The second kappa shape index (κ2) is 13.4. The molecule has 0 aromatic carbocycles. The van der Waals surface area contributed by atoms with E-state index in [-0.39, 0.29) is 5.91 Å². The standard InChI is InChI=1S/C16H34N2O2/c1-4-6-15(9-10-17)7-8-16(19)18-11-5-12-20-13-14(2)3/h14-15H,4-13,17H2,1-3H3,(H,18,19). The molecule has 0 bridgehead atoms. The summed E-state index contributed by atoms with van der Waals surface area (Å²) in [6.45, 7) is 9.41. The molecule has 3 N–H and O–H groups in total. The van der Waals surface area contributed by atoms with Gasteiger partial charge in [0.2, 0.25) is 5.91 Å². The van der Waals surface area contributed by atoms with Crippen molar-refractivity contribution in [3.05, 3.63) is 0 Å². The molecule has 0 aromatic heterocycles. The lowest BCUT2D eigenvalue weighted by Crippen LogP contribution is -2.26. The molecule has 4 nitrogen and oxygen atoms in total. The van der Waals surface area contributed by atoms with Crippen LogP contribution in [0.4, 0.5) is 0 Å². The number of rotatable bonds is 13. The van der Waals surface area contributed by atoms with Crippen LogP contribution in [-0.4, -0.2) is 32.2 Å². The fourth-order valence-corrected chi connectivity index (χ4v) is 2.22. The van der Waals surface area contributed by atoms with Crippen molar-refractivity contribution in [2.75, 3.05) is 26.3 Å². The Hall–Kier alpha value is -0.610. The van der Waals surface area contributed by atoms with E-state index in [1.165, 1.54) is 12.8 Å². The zero-order valence-corrected chi connectivity index (χ0v) is 13.6. The van der Waals surface area contributed by atoms with Crippen molar-refractivity contribution in [2.45, 2.75) is 59.3 Å². The Morgan fingerprint density at radius 2 is 2.00 bits per heavy atom. The van der Waals surface area contributed by atoms with Crippen LogP contribution in [0.2, 0.25) is 0 Å². The highest BCUT2D eigenvalue weighted by molar-refractivity contribution is 5.75. The van der Waals surface area contributed by atoms with Gasteiger partial charge in [-0.25, -0.2) is 0 Å². The first-order chi connectivity index (χ1) is 9.60. The average Bonchev–Trinajstić information content (AvgIpc) is 2.40. The smallest absolute Gasteiger partial charge is 0.220 e. The van der Waals surface area contributed by atoms with Gasteiger partial charge in [0.1, 0.15) is 0 Å². The number of nitrogens with two attached hydrogens (primary N) is 1. The summed E-state index contributed by atoms with van der Waals surface area (Å²) in [4.78, 5) is 11.7. The summed E-state index contributed by atoms with van der Waals surface area (Å²) < 4.78 is 5.47. The third-order valence-corrected chi connectivity index (χ3v) is 3.29. The van der Waals surface area contributed by atoms with Crippen LogP contribution >= 0.6 is 0 Å². The van der Waals surface area contributed by atoms with Crippen molar-refractivity contribution in [3.8, 4) is 0 Å². The van der Waals surface area contributed by atoms with Gasteiger partial charge in [0.05, 0.1) is 0 Å². The molecule has 0 aliphatic rings. The number of carbonyl (C=O) groups excluding carboxylic acids is 1. The third kappa shape index (κ3) is 12.4. The van der Waals surface area contributed by atoms with E-state index in [0.717, 1.165) is 39.0 Å². The number of ether oxygens (including phenoxy) is 1. The summed E-state index contributed by atoms with van der Waals surface area (Å²) in [7, 11) is 0. The number of nitrogens with one attached hydrogen (secondary N) is 1. The fraction of sp³-hybridized carbons (Fsp3) is 0.938. The molecule has 0 saturated heterocycles. The van der Waals surface area contributed by atoms with E-state index in [9.17, 15) is 4.79 Å². The van der Waals surface area contributed by atoms with Crippen LogP contribution in [0.1, 0.15) is 59.3 Å². The van der Waals surface area contributed by atoms with E-state index in [1.54, 1.807) is 0 Å². The van der Waals surface area contributed by atoms with Crippen LogP contribution in [0.25, 0.3) is 0 Å². The molecule has 20 heavy (non-hydrogen) atoms. The SMILES string of the molecule is CCCC(CCN)CCC(=O)NCCCOCC(C)C. The van der Waals surface area contributed by atoms with E-state index in [0.29, 0.717) is 24.8 Å². The molecular formula is C16H34N2O2. The molecule has 0 fully saturated rings. The summed E-state index contributed by atoms with van der Waals surface area (Å²) in [6, 6.07) is 0. The largest absolute Gasteiger partial charge is 0.381 e. The molecule has 120 valence electrons. The van der Waals surface area contributed by atoms with Gasteiger partial charge in [-0.15, -0.1) is 0 Å². The first kappa shape index (κ1) is 19.4. The predicted octanol–water partition coefficient (Wildman–Crippen LogP) is 2.71. The number of carbonyl (C=O) groups is 1. The van der Waals surface area contributed by atoms with Crippen molar-refractivity contribution >= 4 is 5.91 Å². The molecule has 0 radical (unpaired) electrons. The second-order valence-electron chi connectivity index (χ2n) is 5.94.